The van der Waals surface area contributed by atoms with Crippen LogP contribution in [-0.4, -0.2) is 5.54 Å². The van der Waals surface area contributed by atoms with Crippen LogP contribution < -0.4 is 5.32 Å². The number of hydrogen-bond acceptors (Lipinski definition) is 1. The lowest BCUT2D eigenvalue weighted by Gasteiger charge is -2.12. The molecule has 1 aromatic rings. The van der Waals surface area contributed by atoms with Gasteiger partial charge in [0, 0.05) is 17.1 Å². The average Bonchev–Trinajstić information content (AvgIpc) is 2.87. The monoisotopic (exact) mass is 213 g/mol. The quantitative estimate of drug-likeness (QED) is 0.814. The van der Waals surface area contributed by atoms with Gasteiger partial charge in [0.25, 0.3) is 0 Å². The zero-order chi connectivity index (χ0) is 10.2. The van der Waals surface area contributed by atoms with Crippen molar-refractivity contribution >= 4 is 11.6 Å². The second-order valence-corrected chi connectivity index (χ2v) is 4.56. The molecule has 1 saturated carbocycles. The Balaban J connectivity index is 2.04. The highest BCUT2D eigenvalue weighted by molar-refractivity contribution is 6.31. The Morgan fingerprint density at radius 2 is 2.21 bits per heavy atom. The molecular formula is C11H13ClFN. The summed E-state index contributed by atoms with van der Waals surface area (Å²) in [5.41, 5.74) is 1.09. The first kappa shape index (κ1) is 9.94. The summed E-state index contributed by atoms with van der Waals surface area (Å²) in [6.45, 7) is 2.81. The van der Waals surface area contributed by atoms with E-state index in [9.17, 15) is 4.39 Å². The van der Waals surface area contributed by atoms with E-state index in [2.05, 4.69) is 12.2 Å². The minimum atomic E-state index is -0.229. The van der Waals surface area contributed by atoms with Crippen molar-refractivity contribution in [2.75, 3.05) is 0 Å². The van der Waals surface area contributed by atoms with E-state index in [1.165, 1.54) is 25.0 Å². The maximum atomic E-state index is 12.9. The fourth-order valence-electron chi connectivity index (χ4n) is 1.35. The normalized spacial score (nSPS) is 18.2. The van der Waals surface area contributed by atoms with E-state index in [4.69, 9.17) is 11.6 Å². The Bertz CT molecular complexity index is 347. The molecule has 0 aromatic heterocycles. The summed E-state index contributed by atoms with van der Waals surface area (Å²) in [5.74, 6) is -0.229. The van der Waals surface area contributed by atoms with Gasteiger partial charge in [0.1, 0.15) is 5.82 Å². The Morgan fingerprint density at radius 1 is 1.50 bits per heavy atom. The zero-order valence-corrected chi connectivity index (χ0v) is 8.87. The third-order valence-corrected chi connectivity index (χ3v) is 3.08. The van der Waals surface area contributed by atoms with Gasteiger partial charge < -0.3 is 5.32 Å². The molecule has 14 heavy (non-hydrogen) atoms. The molecule has 1 nitrogen and oxygen atoms in total. The lowest BCUT2D eigenvalue weighted by atomic mass is 10.2. The molecule has 0 unspecified atom stereocenters. The minimum Gasteiger partial charge on any atom is -0.307 e. The zero-order valence-electron chi connectivity index (χ0n) is 8.11. The van der Waals surface area contributed by atoms with Gasteiger partial charge in [-0.15, -0.1) is 0 Å². The van der Waals surface area contributed by atoms with Gasteiger partial charge in [-0.25, -0.2) is 4.39 Å². The van der Waals surface area contributed by atoms with Gasteiger partial charge in [0.2, 0.25) is 0 Å². The minimum absolute atomic E-state index is 0.229. The van der Waals surface area contributed by atoms with Crippen LogP contribution >= 0.6 is 11.6 Å². The van der Waals surface area contributed by atoms with E-state index in [-0.39, 0.29) is 11.4 Å². The lowest BCUT2D eigenvalue weighted by Crippen LogP contribution is -2.27. The van der Waals surface area contributed by atoms with E-state index >= 15 is 0 Å². The molecule has 1 fully saturated rings. The highest BCUT2D eigenvalue weighted by atomic mass is 35.5. The van der Waals surface area contributed by atoms with Crippen molar-refractivity contribution < 1.29 is 4.39 Å². The number of hydrogen-bond donors (Lipinski definition) is 1. The molecule has 76 valence electrons. The third kappa shape index (κ3) is 2.25. The van der Waals surface area contributed by atoms with Crippen molar-refractivity contribution in [2.45, 2.75) is 31.8 Å². The predicted molar refractivity (Wildman–Crippen MR) is 55.9 cm³/mol. The molecule has 1 N–H and O–H groups in total. The van der Waals surface area contributed by atoms with E-state index < -0.39 is 0 Å². The molecule has 2 rings (SSSR count). The standard InChI is InChI=1S/C11H13ClFN/c1-11(4-5-11)14-7-8-6-9(13)2-3-10(8)12/h2-3,6,14H,4-5,7H2,1H3. The van der Waals surface area contributed by atoms with Crippen LogP contribution in [0.25, 0.3) is 0 Å². The first-order valence-corrected chi connectivity index (χ1v) is 5.16. The largest absolute Gasteiger partial charge is 0.307 e. The van der Waals surface area contributed by atoms with Crippen LogP contribution in [0.2, 0.25) is 5.02 Å². The van der Waals surface area contributed by atoms with Crippen LogP contribution in [0.5, 0.6) is 0 Å². The van der Waals surface area contributed by atoms with Crippen molar-refractivity contribution in [1.29, 1.82) is 0 Å². The highest BCUT2D eigenvalue weighted by Gasteiger charge is 2.36. The predicted octanol–water partition coefficient (Wildman–Crippen LogP) is 3.12. The molecule has 0 atom stereocenters. The van der Waals surface area contributed by atoms with Gasteiger partial charge in [-0.3, -0.25) is 0 Å². The molecule has 0 bridgehead atoms. The Kier molecular flexibility index (Phi) is 2.50. The Hall–Kier alpha value is -0.600. The SMILES string of the molecule is CC1(NCc2cc(F)ccc2Cl)CC1. The third-order valence-electron chi connectivity index (χ3n) is 2.71. The van der Waals surface area contributed by atoms with Gasteiger partial charge in [0.15, 0.2) is 0 Å². The summed E-state index contributed by atoms with van der Waals surface area (Å²) in [5, 5.41) is 3.99. The molecule has 0 saturated heterocycles. The summed E-state index contributed by atoms with van der Waals surface area (Å²) in [6.07, 6.45) is 2.39. The van der Waals surface area contributed by atoms with E-state index in [1.807, 2.05) is 0 Å². The summed E-state index contributed by atoms with van der Waals surface area (Å²) in [4.78, 5) is 0. The van der Waals surface area contributed by atoms with Gasteiger partial charge in [-0.1, -0.05) is 11.6 Å². The molecule has 3 heteroatoms. The maximum absolute atomic E-state index is 12.9. The fourth-order valence-corrected chi connectivity index (χ4v) is 1.54. The van der Waals surface area contributed by atoms with E-state index in [0.29, 0.717) is 11.6 Å². The van der Waals surface area contributed by atoms with E-state index in [1.54, 1.807) is 6.07 Å². The van der Waals surface area contributed by atoms with Crippen molar-refractivity contribution in [3.63, 3.8) is 0 Å². The van der Waals surface area contributed by atoms with Crippen LogP contribution in [0, 0.1) is 5.82 Å². The first-order valence-electron chi connectivity index (χ1n) is 4.78. The van der Waals surface area contributed by atoms with Crippen LogP contribution in [0.3, 0.4) is 0 Å². The molecule has 0 radical (unpaired) electrons. The molecule has 1 aliphatic carbocycles. The summed E-state index contributed by atoms with van der Waals surface area (Å²) >= 11 is 5.94. The average molecular weight is 214 g/mol. The van der Waals surface area contributed by atoms with Crippen molar-refractivity contribution in [2.24, 2.45) is 0 Å². The molecule has 0 spiro atoms. The van der Waals surface area contributed by atoms with Crippen LogP contribution in [0.4, 0.5) is 4.39 Å². The van der Waals surface area contributed by atoms with Gasteiger partial charge in [-0.05, 0) is 43.5 Å². The first-order chi connectivity index (χ1) is 6.59. The topological polar surface area (TPSA) is 12.0 Å². The second kappa shape index (κ2) is 3.52. The van der Waals surface area contributed by atoms with Crippen LogP contribution in [0.1, 0.15) is 25.3 Å². The Labute approximate surface area is 88.3 Å². The van der Waals surface area contributed by atoms with Crippen molar-refractivity contribution in [3.05, 3.63) is 34.6 Å². The molecule has 0 amide bonds. The molecule has 1 aromatic carbocycles. The number of benzene rings is 1. The van der Waals surface area contributed by atoms with Crippen molar-refractivity contribution in [3.8, 4) is 0 Å². The van der Waals surface area contributed by atoms with Gasteiger partial charge in [0.05, 0.1) is 0 Å². The highest BCUT2D eigenvalue weighted by Crippen LogP contribution is 2.34. The summed E-state index contributed by atoms with van der Waals surface area (Å²) in [6, 6.07) is 4.47. The van der Waals surface area contributed by atoms with Crippen LogP contribution in [-0.2, 0) is 6.54 Å². The number of rotatable bonds is 3. The number of nitrogens with one attached hydrogen (secondary N) is 1. The summed E-state index contributed by atoms with van der Waals surface area (Å²) in [7, 11) is 0. The van der Waals surface area contributed by atoms with Gasteiger partial charge in [-0.2, -0.15) is 0 Å². The van der Waals surface area contributed by atoms with Gasteiger partial charge >= 0.3 is 0 Å². The molecular weight excluding hydrogens is 201 g/mol. The maximum Gasteiger partial charge on any atom is 0.123 e. The number of halogens is 2. The second-order valence-electron chi connectivity index (χ2n) is 4.15. The molecule has 1 aliphatic rings. The van der Waals surface area contributed by atoms with Crippen molar-refractivity contribution in [1.82, 2.24) is 5.32 Å². The Morgan fingerprint density at radius 3 is 2.86 bits per heavy atom. The molecule has 0 heterocycles. The molecule has 0 aliphatic heterocycles. The summed E-state index contributed by atoms with van der Waals surface area (Å²) < 4.78 is 12.9. The fraction of sp³-hybridized carbons (Fsp3) is 0.455. The van der Waals surface area contributed by atoms with Crippen LogP contribution in [0.15, 0.2) is 18.2 Å². The smallest absolute Gasteiger partial charge is 0.123 e. The lowest BCUT2D eigenvalue weighted by molar-refractivity contribution is 0.535. The van der Waals surface area contributed by atoms with E-state index in [0.717, 1.165) is 5.56 Å².